The number of nitrogens with one attached hydrogen (secondary N) is 1. The van der Waals surface area contributed by atoms with Gasteiger partial charge in [-0.3, -0.25) is 9.78 Å². The van der Waals surface area contributed by atoms with Crippen molar-refractivity contribution >= 4 is 5.91 Å². The van der Waals surface area contributed by atoms with Gasteiger partial charge < -0.3 is 14.8 Å². The normalized spacial score (nSPS) is 13.8. The van der Waals surface area contributed by atoms with E-state index in [1.54, 1.807) is 24.4 Å². The van der Waals surface area contributed by atoms with Crippen LogP contribution >= 0.6 is 0 Å². The Labute approximate surface area is 116 Å². The zero-order valence-corrected chi connectivity index (χ0v) is 11.0. The van der Waals surface area contributed by atoms with Crippen LogP contribution in [0.2, 0.25) is 0 Å². The summed E-state index contributed by atoms with van der Waals surface area (Å²) in [6, 6.07) is 10.7. The van der Waals surface area contributed by atoms with E-state index >= 15 is 0 Å². The van der Waals surface area contributed by atoms with Crippen molar-refractivity contribution < 1.29 is 14.3 Å². The number of pyridine rings is 1. The predicted octanol–water partition coefficient (Wildman–Crippen LogP) is 2.30. The highest BCUT2D eigenvalue weighted by molar-refractivity contribution is 5.92. The van der Waals surface area contributed by atoms with Crippen molar-refractivity contribution in [2.75, 3.05) is 6.79 Å². The molecule has 0 aliphatic carbocycles. The lowest BCUT2D eigenvalue weighted by atomic mass is 10.1. The fraction of sp³-hybridized carbons (Fsp3) is 0.200. The number of carbonyl (C=O) groups excluding carboxylic acids is 1. The number of fused-ring (bicyclic) bond motifs is 1. The number of carbonyl (C=O) groups is 1. The quantitative estimate of drug-likeness (QED) is 0.929. The number of hydrogen-bond acceptors (Lipinski definition) is 4. The van der Waals surface area contributed by atoms with Gasteiger partial charge in [0.1, 0.15) is 5.69 Å². The summed E-state index contributed by atoms with van der Waals surface area (Å²) >= 11 is 0. The molecule has 0 radical (unpaired) electrons. The lowest BCUT2D eigenvalue weighted by Gasteiger charge is -2.14. The molecule has 5 nitrogen and oxygen atoms in total. The Morgan fingerprint density at radius 3 is 2.90 bits per heavy atom. The molecule has 1 unspecified atom stereocenters. The molecule has 20 heavy (non-hydrogen) atoms. The molecule has 0 fully saturated rings. The van der Waals surface area contributed by atoms with E-state index < -0.39 is 0 Å². The molecule has 1 aromatic carbocycles. The van der Waals surface area contributed by atoms with Crippen molar-refractivity contribution in [3.63, 3.8) is 0 Å². The highest BCUT2D eigenvalue weighted by Crippen LogP contribution is 2.34. The first kappa shape index (κ1) is 12.5. The van der Waals surface area contributed by atoms with Gasteiger partial charge in [-0.15, -0.1) is 0 Å². The minimum Gasteiger partial charge on any atom is -0.454 e. The second kappa shape index (κ2) is 5.21. The third kappa shape index (κ3) is 2.42. The standard InChI is InChI=1S/C15H14N2O3/c1-10(17-15(18)12-4-2-3-7-16-12)11-5-6-13-14(8-11)20-9-19-13/h2-8,10H,9H2,1H3,(H,17,18). The van der Waals surface area contributed by atoms with Crippen molar-refractivity contribution in [1.82, 2.24) is 10.3 Å². The first-order chi connectivity index (χ1) is 9.74. The van der Waals surface area contributed by atoms with Gasteiger partial charge in [-0.2, -0.15) is 0 Å². The maximum absolute atomic E-state index is 12.0. The van der Waals surface area contributed by atoms with E-state index in [0.29, 0.717) is 11.4 Å². The maximum Gasteiger partial charge on any atom is 0.270 e. The first-order valence-electron chi connectivity index (χ1n) is 6.35. The van der Waals surface area contributed by atoms with Gasteiger partial charge in [-0.1, -0.05) is 12.1 Å². The Balaban J connectivity index is 1.73. The Kier molecular flexibility index (Phi) is 3.25. The second-order valence-electron chi connectivity index (χ2n) is 4.52. The van der Waals surface area contributed by atoms with Gasteiger partial charge in [0.05, 0.1) is 6.04 Å². The maximum atomic E-state index is 12.0. The van der Waals surface area contributed by atoms with Crippen LogP contribution in [0.15, 0.2) is 42.6 Å². The second-order valence-corrected chi connectivity index (χ2v) is 4.52. The molecular formula is C15H14N2O3. The molecule has 1 N–H and O–H groups in total. The number of nitrogens with zero attached hydrogens (tertiary/aromatic N) is 1. The van der Waals surface area contributed by atoms with Crippen LogP contribution in [0.5, 0.6) is 11.5 Å². The van der Waals surface area contributed by atoms with E-state index in [2.05, 4.69) is 10.3 Å². The van der Waals surface area contributed by atoms with Crippen LogP contribution in [-0.4, -0.2) is 17.7 Å². The summed E-state index contributed by atoms with van der Waals surface area (Å²) in [5.41, 5.74) is 1.36. The zero-order chi connectivity index (χ0) is 13.9. The topological polar surface area (TPSA) is 60.5 Å². The fourth-order valence-corrected chi connectivity index (χ4v) is 2.03. The number of ether oxygens (including phenoxy) is 2. The number of aromatic nitrogens is 1. The molecule has 5 heteroatoms. The Morgan fingerprint density at radius 1 is 1.25 bits per heavy atom. The van der Waals surface area contributed by atoms with Gasteiger partial charge in [0.25, 0.3) is 5.91 Å². The van der Waals surface area contributed by atoms with E-state index in [1.165, 1.54) is 0 Å². The molecule has 3 rings (SSSR count). The molecule has 2 heterocycles. The Morgan fingerprint density at radius 2 is 2.10 bits per heavy atom. The molecule has 0 bridgehead atoms. The van der Waals surface area contributed by atoms with Crippen molar-refractivity contribution in [2.45, 2.75) is 13.0 Å². The summed E-state index contributed by atoms with van der Waals surface area (Å²) < 4.78 is 10.6. The first-order valence-corrected chi connectivity index (χ1v) is 6.35. The SMILES string of the molecule is CC(NC(=O)c1ccccn1)c1ccc2c(c1)OCO2. The van der Waals surface area contributed by atoms with E-state index in [0.717, 1.165) is 11.3 Å². The van der Waals surface area contributed by atoms with Crippen LogP contribution in [0.3, 0.4) is 0 Å². The highest BCUT2D eigenvalue weighted by atomic mass is 16.7. The highest BCUT2D eigenvalue weighted by Gasteiger charge is 2.17. The van der Waals surface area contributed by atoms with Gasteiger partial charge in [-0.05, 0) is 36.8 Å². The molecule has 102 valence electrons. The minimum absolute atomic E-state index is 0.140. The lowest BCUT2D eigenvalue weighted by Crippen LogP contribution is -2.27. The van der Waals surface area contributed by atoms with Gasteiger partial charge in [0, 0.05) is 6.20 Å². The van der Waals surface area contributed by atoms with Crippen LogP contribution in [0.1, 0.15) is 29.0 Å². The molecule has 0 spiro atoms. The Bertz CT molecular complexity index is 628. The van der Waals surface area contributed by atoms with E-state index in [-0.39, 0.29) is 18.7 Å². The molecule has 1 aromatic heterocycles. The third-order valence-electron chi connectivity index (χ3n) is 3.14. The molecule has 0 saturated heterocycles. The van der Waals surface area contributed by atoms with Gasteiger partial charge in [-0.25, -0.2) is 0 Å². The van der Waals surface area contributed by atoms with Gasteiger partial charge in [0.15, 0.2) is 11.5 Å². The summed E-state index contributed by atoms with van der Waals surface area (Å²) in [7, 11) is 0. The molecule has 1 aliphatic rings. The van der Waals surface area contributed by atoms with E-state index in [9.17, 15) is 4.79 Å². The zero-order valence-electron chi connectivity index (χ0n) is 11.0. The third-order valence-corrected chi connectivity index (χ3v) is 3.14. The van der Waals surface area contributed by atoms with E-state index in [4.69, 9.17) is 9.47 Å². The number of amides is 1. The van der Waals surface area contributed by atoms with Crippen LogP contribution in [-0.2, 0) is 0 Å². The number of benzene rings is 1. The van der Waals surface area contributed by atoms with Gasteiger partial charge >= 0.3 is 0 Å². The van der Waals surface area contributed by atoms with Crippen LogP contribution in [0.25, 0.3) is 0 Å². The van der Waals surface area contributed by atoms with Crippen LogP contribution in [0, 0.1) is 0 Å². The van der Waals surface area contributed by atoms with Crippen molar-refractivity contribution in [2.24, 2.45) is 0 Å². The predicted molar refractivity (Wildman–Crippen MR) is 72.7 cm³/mol. The van der Waals surface area contributed by atoms with Gasteiger partial charge in [0.2, 0.25) is 6.79 Å². The average molecular weight is 270 g/mol. The summed E-state index contributed by atoms with van der Waals surface area (Å²) in [4.78, 5) is 16.1. The fourth-order valence-electron chi connectivity index (χ4n) is 2.03. The molecule has 1 amide bonds. The molecule has 1 aliphatic heterocycles. The Hall–Kier alpha value is -2.56. The van der Waals surface area contributed by atoms with E-state index in [1.807, 2.05) is 25.1 Å². The molecule has 0 saturated carbocycles. The smallest absolute Gasteiger partial charge is 0.270 e. The number of rotatable bonds is 3. The van der Waals surface area contributed by atoms with Crippen LogP contribution in [0.4, 0.5) is 0 Å². The molecular weight excluding hydrogens is 256 g/mol. The lowest BCUT2D eigenvalue weighted by molar-refractivity contribution is 0.0934. The monoisotopic (exact) mass is 270 g/mol. The average Bonchev–Trinajstić information content (AvgIpc) is 2.95. The largest absolute Gasteiger partial charge is 0.454 e. The van der Waals surface area contributed by atoms with Crippen molar-refractivity contribution in [1.29, 1.82) is 0 Å². The van der Waals surface area contributed by atoms with Crippen LogP contribution < -0.4 is 14.8 Å². The summed E-state index contributed by atoms with van der Waals surface area (Å²) in [6.45, 7) is 2.16. The summed E-state index contributed by atoms with van der Waals surface area (Å²) in [6.07, 6.45) is 1.60. The summed E-state index contributed by atoms with van der Waals surface area (Å²) in [5.74, 6) is 1.24. The summed E-state index contributed by atoms with van der Waals surface area (Å²) in [5, 5.41) is 2.91. The van der Waals surface area contributed by atoms with Crippen molar-refractivity contribution in [3.8, 4) is 11.5 Å². The number of hydrogen-bond donors (Lipinski definition) is 1. The minimum atomic E-state index is -0.198. The molecule has 2 aromatic rings. The van der Waals surface area contributed by atoms with Crippen molar-refractivity contribution in [3.05, 3.63) is 53.9 Å². The molecule has 1 atom stereocenters.